The Labute approximate surface area is 128 Å². The number of carboxylic acid groups (broad SMARTS) is 1. The number of thiophene rings is 1. The summed E-state index contributed by atoms with van der Waals surface area (Å²) >= 11 is 1.74. The number of ether oxygens (including phenoxy) is 1. The van der Waals surface area contributed by atoms with Crippen molar-refractivity contribution in [2.45, 2.75) is 20.0 Å². The Morgan fingerprint density at radius 3 is 2.71 bits per heavy atom. The van der Waals surface area contributed by atoms with Gasteiger partial charge >= 0.3 is 5.97 Å². The summed E-state index contributed by atoms with van der Waals surface area (Å²) in [5.41, 5.74) is 1.19. The van der Waals surface area contributed by atoms with Gasteiger partial charge in [0.25, 0.3) is 0 Å². The van der Waals surface area contributed by atoms with Gasteiger partial charge in [0, 0.05) is 18.0 Å². The highest BCUT2D eigenvalue weighted by Crippen LogP contribution is 2.21. The van der Waals surface area contributed by atoms with E-state index in [9.17, 15) is 9.90 Å². The number of carboxylic acids is 1. The molecule has 2 rings (SSSR count). The Morgan fingerprint density at radius 1 is 1.33 bits per heavy atom. The van der Waals surface area contributed by atoms with E-state index < -0.39 is 5.97 Å². The van der Waals surface area contributed by atoms with Gasteiger partial charge in [0.1, 0.15) is 11.3 Å². The minimum atomic E-state index is -0.963. The maximum absolute atomic E-state index is 11.3. The molecule has 0 spiro atoms. The number of hydrogen-bond donors (Lipinski definition) is 1. The molecule has 1 heterocycles. The maximum Gasteiger partial charge on any atom is 0.339 e. The van der Waals surface area contributed by atoms with E-state index in [0.29, 0.717) is 5.75 Å². The van der Waals surface area contributed by atoms with E-state index in [1.165, 1.54) is 12.0 Å². The number of methoxy groups -OCH3 is 1. The summed E-state index contributed by atoms with van der Waals surface area (Å²) in [7, 11) is 1.48. The highest BCUT2D eigenvalue weighted by atomic mass is 32.1. The molecule has 1 N–H and O–H groups in total. The van der Waals surface area contributed by atoms with Crippen LogP contribution in [0.15, 0.2) is 35.7 Å². The van der Waals surface area contributed by atoms with Gasteiger partial charge in [0.15, 0.2) is 0 Å². The number of nitrogens with zero attached hydrogens (tertiary/aromatic N) is 1. The predicted octanol–water partition coefficient (Wildman–Crippen LogP) is 3.48. The van der Waals surface area contributed by atoms with E-state index in [0.717, 1.165) is 25.2 Å². The lowest BCUT2D eigenvalue weighted by Crippen LogP contribution is -2.22. The molecular weight excluding hydrogens is 286 g/mol. The second-order valence-corrected chi connectivity index (χ2v) is 5.75. The Kier molecular flexibility index (Phi) is 5.36. The summed E-state index contributed by atoms with van der Waals surface area (Å²) in [5.74, 6) is -0.567. The largest absolute Gasteiger partial charge is 0.496 e. The first-order valence-electron chi connectivity index (χ1n) is 6.79. The molecule has 1 aromatic heterocycles. The van der Waals surface area contributed by atoms with E-state index in [4.69, 9.17) is 4.74 Å². The third-order valence-corrected chi connectivity index (χ3v) is 4.17. The van der Waals surface area contributed by atoms with Crippen molar-refractivity contribution in [1.82, 2.24) is 4.90 Å². The fourth-order valence-corrected chi connectivity index (χ4v) is 2.93. The Hall–Kier alpha value is -1.85. The first kappa shape index (κ1) is 15.5. The zero-order chi connectivity index (χ0) is 15.2. The molecule has 0 saturated carbocycles. The summed E-state index contributed by atoms with van der Waals surface area (Å²) in [6.07, 6.45) is 0. The van der Waals surface area contributed by atoms with Crippen LogP contribution in [0.2, 0.25) is 0 Å². The van der Waals surface area contributed by atoms with Gasteiger partial charge in [-0.25, -0.2) is 4.79 Å². The molecule has 0 amide bonds. The van der Waals surface area contributed by atoms with Crippen LogP contribution in [0, 0.1) is 0 Å². The fourth-order valence-electron chi connectivity index (χ4n) is 2.18. The van der Waals surface area contributed by atoms with Crippen LogP contribution in [0.4, 0.5) is 0 Å². The van der Waals surface area contributed by atoms with Crippen LogP contribution in [-0.4, -0.2) is 29.6 Å². The van der Waals surface area contributed by atoms with Gasteiger partial charge < -0.3 is 9.84 Å². The van der Waals surface area contributed by atoms with Crippen LogP contribution in [0.1, 0.15) is 27.7 Å². The lowest BCUT2D eigenvalue weighted by molar-refractivity contribution is 0.0693. The molecule has 2 aromatic rings. The smallest absolute Gasteiger partial charge is 0.339 e. The van der Waals surface area contributed by atoms with Gasteiger partial charge in [-0.3, -0.25) is 4.90 Å². The summed E-state index contributed by atoms with van der Waals surface area (Å²) in [6, 6.07) is 9.49. The van der Waals surface area contributed by atoms with Crippen LogP contribution >= 0.6 is 11.3 Å². The van der Waals surface area contributed by atoms with E-state index in [-0.39, 0.29) is 5.56 Å². The summed E-state index contributed by atoms with van der Waals surface area (Å²) in [4.78, 5) is 14.8. The zero-order valence-corrected chi connectivity index (χ0v) is 13.0. The monoisotopic (exact) mass is 305 g/mol. The minimum Gasteiger partial charge on any atom is -0.496 e. The second-order valence-electron chi connectivity index (χ2n) is 4.72. The van der Waals surface area contributed by atoms with Crippen molar-refractivity contribution in [3.8, 4) is 5.75 Å². The third-order valence-electron chi connectivity index (χ3n) is 3.31. The van der Waals surface area contributed by atoms with Crippen molar-refractivity contribution in [2.75, 3.05) is 13.7 Å². The number of carbonyl (C=O) groups is 1. The molecule has 0 atom stereocenters. The SMILES string of the molecule is CCN(Cc1ccc(OC)c(C(=O)O)c1)Cc1cccs1. The Balaban J connectivity index is 2.13. The molecule has 0 radical (unpaired) electrons. The molecule has 1 aromatic carbocycles. The predicted molar refractivity (Wildman–Crippen MR) is 84.1 cm³/mol. The summed E-state index contributed by atoms with van der Waals surface area (Å²) in [6.45, 7) is 4.61. The minimum absolute atomic E-state index is 0.210. The van der Waals surface area contributed by atoms with Crippen LogP contribution < -0.4 is 4.74 Å². The maximum atomic E-state index is 11.3. The average molecular weight is 305 g/mol. The fraction of sp³-hybridized carbons (Fsp3) is 0.312. The molecule has 0 aliphatic carbocycles. The average Bonchev–Trinajstić information content (AvgIpc) is 2.99. The van der Waals surface area contributed by atoms with Crippen molar-refractivity contribution >= 4 is 17.3 Å². The molecule has 0 aliphatic heterocycles. The van der Waals surface area contributed by atoms with Gasteiger partial charge in [-0.15, -0.1) is 11.3 Å². The van der Waals surface area contributed by atoms with Crippen molar-refractivity contribution < 1.29 is 14.6 Å². The highest BCUT2D eigenvalue weighted by molar-refractivity contribution is 7.09. The number of benzene rings is 1. The van der Waals surface area contributed by atoms with Crippen LogP contribution in [-0.2, 0) is 13.1 Å². The first-order chi connectivity index (χ1) is 10.1. The van der Waals surface area contributed by atoms with E-state index >= 15 is 0 Å². The third kappa shape index (κ3) is 4.06. The number of rotatable bonds is 7. The van der Waals surface area contributed by atoms with Crippen molar-refractivity contribution in [3.05, 3.63) is 51.7 Å². The van der Waals surface area contributed by atoms with Gasteiger partial charge in [-0.1, -0.05) is 19.1 Å². The van der Waals surface area contributed by atoms with Gasteiger partial charge in [-0.2, -0.15) is 0 Å². The van der Waals surface area contributed by atoms with Gasteiger partial charge in [0.05, 0.1) is 7.11 Å². The lowest BCUT2D eigenvalue weighted by atomic mass is 10.1. The zero-order valence-electron chi connectivity index (χ0n) is 12.2. The molecule has 0 unspecified atom stereocenters. The Morgan fingerprint density at radius 2 is 2.14 bits per heavy atom. The van der Waals surface area contributed by atoms with Gasteiger partial charge in [0.2, 0.25) is 0 Å². The normalized spacial score (nSPS) is 10.8. The molecule has 0 fully saturated rings. The van der Waals surface area contributed by atoms with E-state index in [1.54, 1.807) is 23.5 Å². The summed E-state index contributed by atoms with van der Waals surface area (Å²) in [5, 5.41) is 11.3. The van der Waals surface area contributed by atoms with Crippen LogP contribution in [0.25, 0.3) is 0 Å². The molecule has 4 nitrogen and oxygen atoms in total. The first-order valence-corrected chi connectivity index (χ1v) is 7.67. The summed E-state index contributed by atoms with van der Waals surface area (Å²) < 4.78 is 5.09. The van der Waals surface area contributed by atoms with Crippen LogP contribution in [0.3, 0.4) is 0 Å². The van der Waals surface area contributed by atoms with Crippen molar-refractivity contribution in [3.63, 3.8) is 0 Å². The van der Waals surface area contributed by atoms with Crippen molar-refractivity contribution in [1.29, 1.82) is 0 Å². The van der Waals surface area contributed by atoms with Crippen LogP contribution in [0.5, 0.6) is 5.75 Å². The second kappa shape index (κ2) is 7.24. The number of hydrogen-bond acceptors (Lipinski definition) is 4. The quantitative estimate of drug-likeness (QED) is 0.851. The molecule has 5 heteroatoms. The van der Waals surface area contributed by atoms with E-state index in [2.05, 4.69) is 23.3 Å². The topological polar surface area (TPSA) is 49.8 Å². The molecule has 0 bridgehead atoms. The lowest BCUT2D eigenvalue weighted by Gasteiger charge is -2.20. The van der Waals surface area contributed by atoms with E-state index in [1.807, 2.05) is 12.1 Å². The molecule has 0 aliphatic rings. The molecule has 21 heavy (non-hydrogen) atoms. The molecular formula is C16H19NO3S. The molecule has 112 valence electrons. The van der Waals surface area contributed by atoms with Gasteiger partial charge in [-0.05, 0) is 35.7 Å². The molecule has 0 saturated heterocycles. The van der Waals surface area contributed by atoms with Crippen molar-refractivity contribution in [2.24, 2.45) is 0 Å². The standard InChI is InChI=1S/C16H19NO3S/c1-3-17(11-13-5-4-8-21-13)10-12-6-7-15(20-2)14(9-12)16(18)19/h4-9H,3,10-11H2,1-2H3,(H,18,19). The Bertz CT molecular complexity index is 596. The number of aromatic carboxylic acids is 1. The highest BCUT2D eigenvalue weighted by Gasteiger charge is 2.13.